The number of aliphatic imine (C=N–C) groups is 1. The summed E-state index contributed by atoms with van der Waals surface area (Å²) in [4.78, 5) is 6.74. The molecule has 5 heteroatoms. The molecule has 0 spiro atoms. The van der Waals surface area contributed by atoms with Crippen LogP contribution in [0.2, 0.25) is 0 Å². The van der Waals surface area contributed by atoms with Crippen molar-refractivity contribution in [3.63, 3.8) is 0 Å². The summed E-state index contributed by atoms with van der Waals surface area (Å²) in [5.41, 5.74) is 2.36. The molecule has 1 aliphatic heterocycles. The predicted octanol–water partition coefficient (Wildman–Crippen LogP) is 0.352. The first-order valence-electron chi connectivity index (χ1n) is 6.74. The van der Waals surface area contributed by atoms with E-state index in [2.05, 4.69) is 18.7 Å². The SMILES string of the molecule is C=COC1=CC2=NC3C=CC(N(C)C)=CC3OC2=CC1=[NH2+]. The average Bonchev–Trinajstić information content (AvgIpc) is 2.45. The molecule has 0 saturated heterocycles. The number of likely N-dealkylation sites (N-methyl/N-ethyl adjacent to an activating group) is 1. The minimum absolute atomic E-state index is 0.0265. The second-order valence-electron chi connectivity index (χ2n) is 5.19. The van der Waals surface area contributed by atoms with Crippen LogP contribution in [0, 0.1) is 0 Å². The molecule has 3 aliphatic rings. The third-order valence-corrected chi connectivity index (χ3v) is 3.51. The van der Waals surface area contributed by atoms with E-state index < -0.39 is 0 Å². The van der Waals surface area contributed by atoms with E-state index in [-0.39, 0.29) is 12.1 Å². The summed E-state index contributed by atoms with van der Waals surface area (Å²) in [6.07, 6.45) is 10.9. The van der Waals surface area contributed by atoms with Crippen molar-refractivity contribution in [2.24, 2.45) is 4.99 Å². The Morgan fingerprint density at radius 3 is 2.95 bits per heavy atom. The van der Waals surface area contributed by atoms with Crippen LogP contribution in [0.15, 0.2) is 65.4 Å². The van der Waals surface area contributed by atoms with Crippen LogP contribution < -0.4 is 5.41 Å². The van der Waals surface area contributed by atoms with Crippen molar-refractivity contribution in [1.82, 2.24) is 4.90 Å². The maximum absolute atomic E-state index is 6.02. The topological polar surface area (TPSA) is 59.7 Å². The van der Waals surface area contributed by atoms with Gasteiger partial charge >= 0.3 is 0 Å². The zero-order valence-corrected chi connectivity index (χ0v) is 12.1. The van der Waals surface area contributed by atoms with Gasteiger partial charge in [0.25, 0.3) is 0 Å². The van der Waals surface area contributed by atoms with Crippen molar-refractivity contribution < 1.29 is 14.9 Å². The van der Waals surface area contributed by atoms with E-state index in [0.717, 1.165) is 11.4 Å². The summed E-state index contributed by atoms with van der Waals surface area (Å²) < 4.78 is 11.3. The molecule has 0 aromatic heterocycles. The molecule has 2 aliphatic carbocycles. The molecule has 0 aromatic rings. The molecule has 0 fully saturated rings. The van der Waals surface area contributed by atoms with Crippen LogP contribution in [0.5, 0.6) is 0 Å². The van der Waals surface area contributed by atoms with Crippen LogP contribution >= 0.6 is 0 Å². The van der Waals surface area contributed by atoms with Gasteiger partial charge in [0.2, 0.25) is 5.71 Å². The van der Waals surface area contributed by atoms with Crippen molar-refractivity contribution in [2.45, 2.75) is 12.1 Å². The van der Waals surface area contributed by atoms with Gasteiger partial charge in [-0.3, -0.25) is 10.4 Å². The van der Waals surface area contributed by atoms with Crippen LogP contribution in [-0.2, 0) is 9.47 Å². The Balaban J connectivity index is 1.92. The number of nitrogens with zero attached hydrogens (tertiary/aromatic N) is 2. The molecule has 0 saturated carbocycles. The van der Waals surface area contributed by atoms with Crippen LogP contribution in [0.25, 0.3) is 0 Å². The van der Waals surface area contributed by atoms with E-state index in [1.54, 1.807) is 12.2 Å². The van der Waals surface area contributed by atoms with Crippen LogP contribution in [0.4, 0.5) is 0 Å². The maximum Gasteiger partial charge on any atom is 0.243 e. The fourth-order valence-corrected chi connectivity index (χ4v) is 2.41. The highest BCUT2D eigenvalue weighted by atomic mass is 16.5. The number of allylic oxidation sites excluding steroid dienone is 3. The monoisotopic (exact) mass is 284 g/mol. The number of hydrogen-bond acceptors (Lipinski definition) is 4. The summed E-state index contributed by atoms with van der Waals surface area (Å²) >= 11 is 0. The Morgan fingerprint density at radius 2 is 2.24 bits per heavy atom. The lowest BCUT2D eigenvalue weighted by Crippen LogP contribution is -2.43. The number of rotatable bonds is 3. The van der Waals surface area contributed by atoms with Gasteiger partial charge in [-0.15, -0.1) is 0 Å². The summed E-state index contributed by atoms with van der Waals surface area (Å²) in [5.74, 6) is 1.22. The van der Waals surface area contributed by atoms with E-state index in [4.69, 9.17) is 19.9 Å². The number of ether oxygens (including phenoxy) is 2. The number of fused-ring (bicyclic) bond motifs is 2. The van der Waals surface area contributed by atoms with Gasteiger partial charge in [-0.25, -0.2) is 0 Å². The van der Waals surface area contributed by atoms with Gasteiger partial charge in [0, 0.05) is 25.9 Å². The molecule has 0 radical (unpaired) electrons. The molecule has 2 N–H and O–H groups in total. The molecule has 1 heterocycles. The Hall–Kier alpha value is -2.56. The first-order chi connectivity index (χ1) is 10.1. The molecular weight excluding hydrogens is 266 g/mol. The van der Waals surface area contributed by atoms with Crippen molar-refractivity contribution >= 4 is 11.4 Å². The Morgan fingerprint density at radius 1 is 1.43 bits per heavy atom. The standard InChI is InChI=1S/C16H17N3O2/c1-4-20-14-9-13-16(8-11(14)17)21-15-7-10(19(2)3)5-6-12(15)18-13/h4-9,12,15,17H,1H2,2-3H3/p+1. The highest BCUT2D eigenvalue weighted by Gasteiger charge is 2.33. The Labute approximate surface area is 123 Å². The van der Waals surface area contributed by atoms with Gasteiger partial charge in [0.15, 0.2) is 11.5 Å². The van der Waals surface area contributed by atoms with Gasteiger partial charge in [-0.2, -0.15) is 0 Å². The first-order valence-corrected chi connectivity index (χ1v) is 6.74. The number of hydrogen-bond donors (Lipinski definition) is 1. The van der Waals surface area contributed by atoms with Crippen molar-refractivity contribution in [2.75, 3.05) is 14.1 Å². The minimum atomic E-state index is -0.106. The largest absolute Gasteiger partial charge is 0.481 e. The summed E-state index contributed by atoms with van der Waals surface area (Å²) in [6, 6.07) is -0.0265. The van der Waals surface area contributed by atoms with Crippen LogP contribution in [0.1, 0.15) is 0 Å². The van der Waals surface area contributed by atoms with Gasteiger partial charge < -0.3 is 14.4 Å². The summed E-state index contributed by atoms with van der Waals surface area (Å²) in [7, 11) is 4.00. The molecule has 3 rings (SSSR count). The lowest BCUT2D eigenvalue weighted by molar-refractivity contribution is -0.114. The van der Waals surface area contributed by atoms with Crippen molar-refractivity contribution in [3.8, 4) is 0 Å². The molecule has 0 aromatic carbocycles. The highest BCUT2D eigenvalue weighted by molar-refractivity contribution is 6.20. The van der Waals surface area contributed by atoms with E-state index in [0.29, 0.717) is 17.2 Å². The fraction of sp³-hybridized carbons (Fsp3) is 0.250. The van der Waals surface area contributed by atoms with E-state index in [9.17, 15) is 0 Å². The van der Waals surface area contributed by atoms with Crippen molar-refractivity contribution in [1.29, 1.82) is 0 Å². The van der Waals surface area contributed by atoms with Gasteiger partial charge in [0.1, 0.15) is 17.9 Å². The molecule has 0 bridgehead atoms. The lowest BCUT2D eigenvalue weighted by atomic mass is 9.99. The molecule has 108 valence electrons. The molecule has 0 amide bonds. The normalized spacial score (nSPS) is 26.3. The molecule has 21 heavy (non-hydrogen) atoms. The quantitative estimate of drug-likeness (QED) is 0.601. The predicted molar refractivity (Wildman–Crippen MR) is 81.4 cm³/mol. The van der Waals surface area contributed by atoms with Crippen LogP contribution in [0.3, 0.4) is 0 Å². The maximum atomic E-state index is 6.02. The lowest BCUT2D eigenvalue weighted by Gasteiger charge is -2.32. The summed E-state index contributed by atoms with van der Waals surface area (Å²) in [5, 5.41) is 5.94. The molecule has 2 unspecified atom stereocenters. The molecule has 5 nitrogen and oxygen atoms in total. The van der Waals surface area contributed by atoms with Crippen LogP contribution in [-0.4, -0.2) is 42.6 Å². The zero-order valence-electron chi connectivity index (χ0n) is 12.1. The zero-order chi connectivity index (χ0) is 15.0. The smallest absolute Gasteiger partial charge is 0.243 e. The average molecular weight is 284 g/mol. The first kappa shape index (κ1) is 13.4. The van der Waals surface area contributed by atoms with Gasteiger partial charge in [-0.05, 0) is 12.2 Å². The second kappa shape index (κ2) is 5.09. The van der Waals surface area contributed by atoms with Crippen molar-refractivity contribution in [3.05, 3.63) is 60.4 Å². The van der Waals surface area contributed by atoms with Gasteiger partial charge in [0.05, 0.1) is 12.3 Å². The molecular formula is C16H18N3O2+. The number of nitrogens with two attached hydrogens (primary N) is 1. The van der Waals surface area contributed by atoms with E-state index in [1.807, 2.05) is 25.1 Å². The minimum Gasteiger partial charge on any atom is -0.481 e. The fourth-order valence-electron chi connectivity index (χ4n) is 2.41. The highest BCUT2D eigenvalue weighted by Crippen LogP contribution is 2.28. The van der Waals surface area contributed by atoms with E-state index in [1.165, 1.54) is 6.26 Å². The Kier molecular flexibility index (Phi) is 3.25. The third kappa shape index (κ3) is 2.42. The van der Waals surface area contributed by atoms with Gasteiger partial charge in [-0.1, -0.05) is 12.7 Å². The van der Waals surface area contributed by atoms with E-state index >= 15 is 0 Å². The Bertz CT molecular complexity index is 650. The summed E-state index contributed by atoms with van der Waals surface area (Å²) in [6.45, 7) is 3.54. The second-order valence-corrected chi connectivity index (χ2v) is 5.19. The molecule has 2 atom stereocenters. The third-order valence-electron chi connectivity index (χ3n) is 3.51.